The molecule has 1 heterocycles. The zero-order valence-electron chi connectivity index (χ0n) is 11.2. The molecule has 1 N–H and O–H groups in total. The molecule has 0 spiro atoms. The molecule has 0 amide bonds. The summed E-state index contributed by atoms with van der Waals surface area (Å²) in [4.78, 5) is 5.66. The lowest BCUT2D eigenvalue weighted by atomic mass is 10.1. The lowest BCUT2D eigenvalue weighted by Crippen LogP contribution is -2.21. The van der Waals surface area contributed by atoms with Gasteiger partial charge in [0.15, 0.2) is 0 Å². The van der Waals surface area contributed by atoms with Crippen LogP contribution in [0.2, 0.25) is 0 Å². The highest BCUT2D eigenvalue weighted by Crippen LogP contribution is 2.15. The molecular formula is C15H20N2S. The molecule has 18 heavy (non-hydrogen) atoms. The van der Waals surface area contributed by atoms with Gasteiger partial charge < -0.3 is 5.32 Å². The number of aromatic nitrogens is 1. The third kappa shape index (κ3) is 3.40. The standard InChI is InChI=1S/C15H20N2S/c1-11-4-6-14(7-5-11)12(2)16-9-8-15-13(3)17-10-18-15/h4-7,10,12,16H,8-9H2,1-3H3. The molecule has 3 heteroatoms. The molecule has 2 aromatic rings. The molecule has 0 saturated carbocycles. The van der Waals surface area contributed by atoms with Crippen molar-refractivity contribution in [2.45, 2.75) is 33.2 Å². The molecule has 0 saturated heterocycles. The summed E-state index contributed by atoms with van der Waals surface area (Å²) in [6.07, 6.45) is 1.06. The fourth-order valence-corrected chi connectivity index (χ4v) is 2.72. The van der Waals surface area contributed by atoms with Crippen molar-refractivity contribution in [3.8, 4) is 0 Å². The maximum absolute atomic E-state index is 4.27. The van der Waals surface area contributed by atoms with Gasteiger partial charge in [0, 0.05) is 17.5 Å². The van der Waals surface area contributed by atoms with Crippen LogP contribution < -0.4 is 5.32 Å². The number of hydrogen-bond acceptors (Lipinski definition) is 3. The number of nitrogens with one attached hydrogen (secondary N) is 1. The number of thiazole rings is 1. The van der Waals surface area contributed by atoms with Crippen molar-refractivity contribution >= 4 is 11.3 Å². The first-order valence-corrected chi connectivity index (χ1v) is 7.23. The van der Waals surface area contributed by atoms with E-state index < -0.39 is 0 Å². The summed E-state index contributed by atoms with van der Waals surface area (Å²) in [5, 5.41) is 3.56. The van der Waals surface area contributed by atoms with E-state index in [-0.39, 0.29) is 0 Å². The Morgan fingerprint density at radius 2 is 1.94 bits per heavy atom. The number of nitrogens with zero attached hydrogens (tertiary/aromatic N) is 1. The van der Waals surface area contributed by atoms with E-state index in [1.165, 1.54) is 21.7 Å². The van der Waals surface area contributed by atoms with Gasteiger partial charge >= 0.3 is 0 Å². The van der Waals surface area contributed by atoms with Crippen LogP contribution in [0.3, 0.4) is 0 Å². The van der Waals surface area contributed by atoms with Crippen molar-refractivity contribution in [2.75, 3.05) is 6.54 Å². The van der Waals surface area contributed by atoms with E-state index in [4.69, 9.17) is 0 Å². The summed E-state index contributed by atoms with van der Waals surface area (Å²) in [6.45, 7) is 7.41. The van der Waals surface area contributed by atoms with Crippen LogP contribution in [0.25, 0.3) is 0 Å². The lowest BCUT2D eigenvalue weighted by molar-refractivity contribution is 0.578. The summed E-state index contributed by atoms with van der Waals surface area (Å²) in [6, 6.07) is 9.14. The molecule has 0 bridgehead atoms. The van der Waals surface area contributed by atoms with Crippen LogP contribution in [0.5, 0.6) is 0 Å². The Morgan fingerprint density at radius 1 is 1.22 bits per heavy atom. The second-order valence-corrected chi connectivity index (χ2v) is 5.64. The number of aryl methyl sites for hydroxylation is 2. The van der Waals surface area contributed by atoms with Gasteiger partial charge in [-0.05, 0) is 32.8 Å². The van der Waals surface area contributed by atoms with E-state index in [2.05, 4.69) is 55.3 Å². The van der Waals surface area contributed by atoms with Crippen LogP contribution in [-0.4, -0.2) is 11.5 Å². The largest absolute Gasteiger partial charge is 0.310 e. The van der Waals surface area contributed by atoms with E-state index in [0.29, 0.717) is 6.04 Å². The maximum Gasteiger partial charge on any atom is 0.0797 e. The zero-order valence-corrected chi connectivity index (χ0v) is 12.1. The average Bonchev–Trinajstić information content (AvgIpc) is 2.76. The van der Waals surface area contributed by atoms with Crippen LogP contribution in [0.1, 0.15) is 34.7 Å². The van der Waals surface area contributed by atoms with Gasteiger partial charge in [-0.15, -0.1) is 11.3 Å². The van der Waals surface area contributed by atoms with E-state index in [9.17, 15) is 0 Å². The minimum Gasteiger partial charge on any atom is -0.310 e. The zero-order chi connectivity index (χ0) is 13.0. The first kappa shape index (κ1) is 13.2. The van der Waals surface area contributed by atoms with Crippen molar-refractivity contribution in [3.63, 3.8) is 0 Å². The highest BCUT2D eigenvalue weighted by atomic mass is 32.1. The molecule has 2 rings (SSSR count). The summed E-state index contributed by atoms with van der Waals surface area (Å²) >= 11 is 1.75. The van der Waals surface area contributed by atoms with E-state index in [0.717, 1.165) is 13.0 Å². The van der Waals surface area contributed by atoms with Crippen molar-refractivity contribution < 1.29 is 0 Å². The van der Waals surface area contributed by atoms with Gasteiger partial charge in [-0.25, -0.2) is 4.98 Å². The summed E-state index contributed by atoms with van der Waals surface area (Å²) < 4.78 is 0. The summed E-state index contributed by atoms with van der Waals surface area (Å²) in [5.41, 5.74) is 5.76. The van der Waals surface area contributed by atoms with Gasteiger partial charge in [-0.3, -0.25) is 0 Å². The molecule has 0 radical (unpaired) electrons. The lowest BCUT2D eigenvalue weighted by Gasteiger charge is -2.14. The normalized spacial score (nSPS) is 12.6. The Morgan fingerprint density at radius 3 is 2.56 bits per heavy atom. The first-order valence-electron chi connectivity index (χ1n) is 6.35. The monoisotopic (exact) mass is 260 g/mol. The average molecular weight is 260 g/mol. The second-order valence-electron chi connectivity index (χ2n) is 4.70. The van der Waals surface area contributed by atoms with Gasteiger partial charge in [0.05, 0.1) is 11.2 Å². The molecule has 2 nitrogen and oxygen atoms in total. The smallest absolute Gasteiger partial charge is 0.0797 e. The quantitative estimate of drug-likeness (QED) is 0.887. The molecule has 0 aliphatic carbocycles. The highest BCUT2D eigenvalue weighted by Gasteiger charge is 2.05. The molecule has 0 fully saturated rings. The van der Waals surface area contributed by atoms with Crippen molar-refractivity contribution in [2.24, 2.45) is 0 Å². The molecule has 96 valence electrons. The number of rotatable bonds is 5. The third-order valence-electron chi connectivity index (χ3n) is 3.22. The molecule has 1 aromatic carbocycles. The van der Waals surface area contributed by atoms with Crippen LogP contribution in [0.4, 0.5) is 0 Å². The fraction of sp³-hybridized carbons (Fsp3) is 0.400. The first-order chi connectivity index (χ1) is 8.66. The number of hydrogen-bond donors (Lipinski definition) is 1. The minimum absolute atomic E-state index is 0.402. The van der Waals surface area contributed by atoms with E-state index in [1.54, 1.807) is 11.3 Å². The van der Waals surface area contributed by atoms with E-state index >= 15 is 0 Å². The summed E-state index contributed by atoms with van der Waals surface area (Å²) in [7, 11) is 0. The minimum atomic E-state index is 0.402. The molecule has 1 atom stereocenters. The second kappa shape index (κ2) is 6.12. The highest BCUT2D eigenvalue weighted by molar-refractivity contribution is 7.09. The summed E-state index contributed by atoms with van der Waals surface area (Å²) in [5.74, 6) is 0. The van der Waals surface area contributed by atoms with E-state index in [1.807, 2.05) is 5.51 Å². The Bertz CT molecular complexity index is 487. The van der Waals surface area contributed by atoms with Crippen molar-refractivity contribution in [1.29, 1.82) is 0 Å². The van der Waals surface area contributed by atoms with Crippen LogP contribution in [0.15, 0.2) is 29.8 Å². The van der Waals surface area contributed by atoms with Gasteiger partial charge in [-0.2, -0.15) is 0 Å². The molecular weight excluding hydrogens is 240 g/mol. The van der Waals surface area contributed by atoms with Crippen molar-refractivity contribution in [1.82, 2.24) is 10.3 Å². The van der Waals surface area contributed by atoms with Crippen LogP contribution in [0, 0.1) is 13.8 Å². The van der Waals surface area contributed by atoms with Crippen LogP contribution in [-0.2, 0) is 6.42 Å². The predicted octanol–water partition coefficient (Wildman–Crippen LogP) is 3.65. The molecule has 1 unspecified atom stereocenters. The van der Waals surface area contributed by atoms with Crippen LogP contribution >= 0.6 is 11.3 Å². The van der Waals surface area contributed by atoms with Gasteiger partial charge in [0.2, 0.25) is 0 Å². The predicted molar refractivity (Wildman–Crippen MR) is 78.2 cm³/mol. The fourth-order valence-electron chi connectivity index (χ4n) is 1.94. The topological polar surface area (TPSA) is 24.9 Å². The molecule has 0 aliphatic heterocycles. The molecule has 0 aliphatic rings. The molecule has 1 aromatic heterocycles. The maximum atomic E-state index is 4.27. The van der Waals surface area contributed by atoms with Crippen molar-refractivity contribution in [3.05, 3.63) is 51.5 Å². The Hall–Kier alpha value is -1.19. The van der Waals surface area contributed by atoms with Gasteiger partial charge in [-0.1, -0.05) is 29.8 Å². The third-order valence-corrected chi connectivity index (χ3v) is 4.22. The Balaban J connectivity index is 1.83. The Labute approximate surface area is 113 Å². The SMILES string of the molecule is Cc1ccc(C(C)NCCc2scnc2C)cc1. The Kier molecular flexibility index (Phi) is 4.50. The van der Waals surface area contributed by atoms with Gasteiger partial charge in [0.1, 0.15) is 0 Å². The number of benzene rings is 1. The van der Waals surface area contributed by atoms with Gasteiger partial charge in [0.25, 0.3) is 0 Å².